The van der Waals surface area contributed by atoms with Crippen molar-refractivity contribution in [3.05, 3.63) is 48.6 Å². The molecule has 2 rings (SSSR count). The van der Waals surface area contributed by atoms with E-state index in [4.69, 9.17) is 5.26 Å². The number of hydrogen-bond acceptors (Lipinski definition) is 3. The van der Waals surface area contributed by atoms with Crippen LogP contribution >= 0.6 is 0 Å². The van der Waals surface area contributed by atoms with E-state index in [-0.39, 0.29) is 0 Å². The largest absolute Gasteiger partial charge is 0.223 e. The molecule has 17 heavy (non-hydrogen) atoms. The van der Waals surface area contributed by atoms with E-state index in [1.807, 2.05) is 25.1 Å². The molecule has 0 aliphatic heterocycles. The van der Waals surface area contributed by atoms with E-state index in [0.29, 0.717) is 5.56 Å². The van der Waals surface area contributed by atoms with Crippen LogP contribution in [0.15, 0.2) is 37.4 Å². The molecule has 4 nitrogen and oxygen atoms in total. The maximum atomic E-state index is 9.15. The fraction of sp³-hybridized carbons (Fsp3) is 0.154. The molecule has 1 aromatic carbocycles. The van der Waals surface area contributed by atoms with Crippen LogP contribution in [-0.2, 0) is 0 Å². The molecule has 0 aliphatic rings. The van der Waals surface area contributed by atoms with Crippen LogP contribution in [0.5, 0.6) is 0 Å². The Morgan fingerprint density at radius 1 is 1.53 bits per heavy atom. The Morgan fingerprint density at radius 3 is 2.94 bits per heavy atom. The zero-order valence-electron chi connectivity index (χ0n) is 9.59. The molecule has 0 saturated carbocycles. The lowest BCUT2D eigenvalue weighted by atomic mass is 10.0. The molecular formula is C13H12N4. The van der Waals surface area contributed by atoms with E-state index in [9.17, 15) is 0 Å². The van der Waals surface area contributed by atoms with Gasteiger partial charge in [-0.2, -0.15) is 10.4 Å². The summed E-state index contributed by atoms with van der Waals surface area (Å²) in [6, 6.07) is 7.82. The lowest BCUT2D eigenvalue weighted by Crippen LogP contribution is -1.98. The van der Waals surface area contributed by atoms with Gasteiger partial charge in [0.2, 0.25) is 0 Å². The molecule has 0 saturated heterocycles. The van der Waals surface area contributed by atoms with Gasteiger partial charge in [0.1, 0.15) is 18.7 Å². The minimum atomic E-state index is 0.572. The highest BCUT2D eigenvalue weighted by Gasteiger charge is 2.07. The summed E-state index contributed by atoms with van der Waals surface area (Å²) in [5.41, 5.74) is 3.32. The molecule has 1 heterocycles. The summed E-state index contributed by atoms with van der Waals surface area (Å²) in [5.74, 6) is 0. The third-order valence-electron chi connectivity index (χ3n) is 2.62. The van der Waals surface area contributed by atoms with Gasteiger partial charge >= 0.3 is 0 Å². The van der Waals surface area contributed by atoms with E-state index >= 15 is 0 Å². The van der Waals surface area contributed by atoms with E-state index in [2.05, 4.69) is 22.7 Å². The smallest absolute Gasteiger partial charge is 0.138 e. The Kier molecular flexibility index (Phi) is 3.01. The topological polar surface area (TPSA) is 54.5 Å². The monoisotopic (exact) mass is 224 g/mol. The van der Waals surface area contributed by atoms with Crippen LogP contribution < -0.4 is 0 Å². The zero-order chi connectivity index (χ0) is 12.3. The van der Waals surface area contributed by atoms with Gasteiger partial charge in [0, 0.05) is 0 Å². The van der Waals surface area contributed by atoms with E-state index in [0.717, 1.165) is 23.2 Å². The van der Waals surface area contributed by atoms with Crippen LogP contribution in [0.25, 0.3) is 11.3 Å². The van der Waals surface area contributed by atoms with Crippen molar-refractivity contribution in [2.75, 3.05) is 0 Å². The van der Waals surface area contributed by atoms with Gasteiger partial charge in [-0.15, -0.1) is 0 Å². The van der Waals surface area contributed by atoms with Crippen molar-refractivity contribution in [1.82, 2.24) is 14.8 Å². The first kappa shape index (κ1) is 11.1. The Bertz CT molecular complexity index is 576. The van der Waals surface area contributed by atoms with Gasteiger partial charge in [-0.3, -0.25) is 0 Å². The first-order chi connectivity index (χ1) is 8.26. The van der Waals surface area contributed by atoms with Crippen molar-refractivity contribution in [3.63, 3.8) is 0 Å². The first-order valence-electron chi connectivity index (χ1n) is 5.33. The lowest BCUT2D eigenvalue weighted by molar-refractivity contribution is 0.875. The molecule has 0 amide bonds. The van der Waals surface area contributed by atoms with E-state index < -0.39 is 0 Å². The van der Waals surface area contributed by atoms with Gasteiger partial charge < -0.3 is 0 Å². The minimum absolute atomic E-state index is 0.572. The van der Waals surface area contributed by atoms with Crippen molar-refractivity contribution in [2.45, 2.75) is 13.3 Å². The SMILES string of the molecule is C=C(CC)c1ccc(-n2cncn2)c(C#N)c1. The van der Waals surface area contributed by atoms with Gasteiger partial charge in [0.15, 0.2) is 0 Å². The molecule has 0 atom stereocenters. The number of allylic oxidation sites excluding steroid dienone is 1. The molecule has 84 valence electrons. The highest BCUT2D eigenvalue weighted by atomic mass is 15.3. The van der Waals surface area contributed by atoms with Crippen LogP contribution in [-0.4, -0.2) is 14.8 Å². The number of rotatable bonds is 3. The summed E-state index contributed by atoms with van der Waals surface area (Å²) < 4.78 is 1.58. The maximum Gasteiger partial charge on any atom is 0.138 e. The van der Waals surface area contributed by atoms with Crippen LogP contribution in [0.4, 0.5) is 0 Å². The standard InChI is InChI=1S/C13H12N4/c1-3-10(2)11-4-5-13(12(6-11)7-14)17-9-15-8-16-17/h4-6,8-9H,2-3H2,1H3. The predicted molar refractivity (Wildman–Crippen MR) is 65.4 cm³/mol. The number of hydrogen-bond donors (Lipinski definition) is 0. The first-order valence-corrected chi connectivity index (χ1v) is 5.33. The second-order valence-electron chi connectivity index (χ2n) is 3.64. The summed E-state index contributed by atoms with van der Waals surface area (Å²) >= 11 is 0. The molecule has 4 heteroatoms. The molecule has 0 aliphatic carbocycles. The van der Waals surface area contributed by atoms with Gasteiger partial charge in [0.05, 0.1) is 11.3 Å². The normalized spacial score (nSPS) is 9.88. The Hall–Kier alpha value is -2.41. The Morgan fingerprint density at radius 2 is 2.35 bits per heavy atom. The molecule has 0 N–H and O–H groups in total. The summed E-state index contributed by atoms with van der Waals surface area (Å²) in [6.45, 7) is 6.01. The number of nitrogens with zero attached hydrogens (tertiary/aromatic N) is 4. The molecule has 0 fully saturated rings. The average Bonchev–Trinajstić information content (AvgIpc) is 2.90. The molecule has 0 radical (unpaired) electrons. The van der Waals surface area contributed by atoms with Crippen molar-refractivity contribution in [1.29, 1.82) is 5.26 Å². The highest BCUT2D eigenvalue weighted by molar-refractivity contribution is 5.67. The minimum Gasteiger partial charge on any atom is -0.223 e. The molecule has 0 spiro atoms. The summed E-state index contributed by atoms with van der Waals surface area (Å²) in [7, 11) is 0. The third kappa shape index (κ3) is 2.08. The molecule has 1 aromatic heterocycles. The summed E-state index contributed by atoms with van der Waals surface area (Å²) in [5, 5.41) is 13.2. The van der Waals surface area contributed by atoms with Crippen LogP contribution in [0, 0.1) is 11.3 Å². The molecule has 0 unspecified atom stereocenters. The Balaban J connectivity index is 2.51. The third-order valence-corrected chi connectivity index (χ3v) is 2.62. The number of aromatic nitrogens is 3. The van der Waals surface area contributed by atoms with E-state index in [1.165, 1.54) is 6.33 Å². The second kappa shape index (κ2) is 4.62. The molecule has 2 aromatic rings. The van der Waals surface area contributed by atoms with Crippen molar-refractivity contribution < 1.29 is 0 Å². The molecule has 0 bridgehead atoms. The lowest BCUT2D eigenvalue weighted by Gasteiger charge is -2.07. The second-order valence-corrected chi connectivity index (χ2v) is 3.64. The van der Waals surface area contributed by atoms with Gasteiger partial charge in [0.25, 0.3) is 0 Å². The van der Waals surface area contributed by atoms with E-state index in [1.54, 1.807) is 11.0 Å². The fourth-order valence-electron chi connectivity index (χ4n) is 1.58. The quantitative estimate of drug-likeness (QED) is 0.805. The Labute approximate surface area is 99.8 Å². The zero-order valence-corrected chi connectivity index (χ0v) is 9.59. The fourth-order valence-corrected chi connectivity index (χ4v) is 1.58. The van der Waals surface area contributed by atoms with Gasteiger partial charge in [-0.05, 0) is 29.7 Å². The van der Waals surface area contributed by atoms with Crippen LogP contribution in [0.3, 0.4) is 0 Å². The van der Waals surface area contributed by atoms with Crippen molar-refractivity contribution in [3.8, 4) is 11.8 Å². The van der Waals surface area contributed by atoms with Crippen LogP contribution in [0.1, 0.15) is 24.5 Å². The number of nitriles is 1. The summed E-state index contributed by atoms with van der Waals surface area (Å²) in [4.78, 5) is 3.87. The highest BCUT2D eigenvalue weighted by Crippen LogP contribution is 2.21. The predicted octanol–water partition coefficient (Wildman–Crippen LogP) is 2.56. The van der Waals surface area contributed by atoms with Crippen LogP contribution in [0.2, 0.25) is 0 Å². The average molecular weight is 224 g/mol. The van der Waals surface area contributed by atoms with Gasteiger partial charge in [-0.1, -0.05) is 19.6 Å². The van der Waals surface area contributed by atoms with Crippen molar-refractivity contribution >= 4 is 5.57 Å². The van der Waals surface area contributed by atoms with Crippen molar-refractivity contribution in [2.24, 2.45) is 0 Å². The number of benzene rings is 1. The molecular weight excluding hydrogens is 212 g/mol. The maximum absolute atomic E-state index is 9.15. The summed E-state index contributed by atoms with van der Waals surface area (Å²) in [6.07, 6.45) is 3.89. The van der Waals surface area contributed by atoms with Gasteiger partial charge in [-0.25, -0.2) is 9.67 Å².